The molecule has 150 valence electrons. The lowest BCUT2D eigenvalue weighted by atomic mass is 10.1. The third-order valence-electron chi connectivity index (χ3n) is 4.81. The number of imidazole rings is 1. The monoisotopic (exact) mass is 420 g/mol. The van der Waals surface area contributed by atoms with Crippen LogP contribution in [0.3, 0.4) is 0 Å². The minimum Gasteiger partial charge on any atom is -0.408 e. The third-order valence-corrected chi connectivity index (χ3v) is 6.19. The highest BCUT2D eigenvalue weighted by Gasteiger charge is 2.16. The largest absolute Gasteiger partial charge is 0.417 e. The smallest absolute Gasteiger partial charge is 0.408 e. The highest BCUT2D eigenvalue weighted by Crippen LogP contribution is 2.24. The van der Waals surface area contributed by atoms with Crippen LogP contribution in [0.15, 0.2) is 81.1 Å². The SMILES string of the molecule is Cc1cccn2cc(-c3ccc(NS(=O)(=O)c4ccc5oc(=O)[nH]c5c4)cc3)nc12. The number of rotatable bonds is 4. The van der Waals surface area contributed by atoms with Gasteiger partial charge in [-0.05, 0) is 48.9 Å². The first-order chi connectivity index (χ1) is 14.4. The van der Waals surface area contributed by atoms with E-state index in [9.17, 15) is 13.2 Å². The maximum Gasteiger partial charge on any atom is 0.417 e. The molecule has 2 N–H and O–H groups in total. The maximum absolute atomic E-state index is 12.7. The van der Waals surface area contributed by atoms with Crippen LogP contribution in [-0.2, 0) is 10.0 Å². The number of hydrogen-bond acceptors (Lipinski definition) is 5. The van der Waals surface area contributed by atoms with Gasteiger partial charge in [-0.1, -0.05) is 18.2 Å². The minimum absolute atomic E-state index is 0.0203. The van der Waals surface area contributed by atoms with E-state index in [1.165, 1.54) is 18.2 Å². The number of pyridine rings is 1. The fourth-order valence-corrected chi connectivity index (χ4v) is 4.40. The molecular formula is C21H16N4O4S. The van der Waals surface area contributed by atoms with Gasteiger partial charge in [0.2, 0.25) is 0 Å². The molecule has 3 aromatic heterocycles. The number of nitrogens with zero attached hydrogens (tertiary/aromatic N) is 2. The van der Waals surface area contributed by atoms with Crippen molar-refractivity contribution in [2.75, 3.05) is 4.72 Å². The zero-order chi connectivity index (χ0) is 20.9. The highest BCUT2D eigenvalue weighted by atomic mass is 32.2. The Morgan fingerprint density at radius 3 is 2.67 bits per heavy atom. The summed E-state index contributed by atoms with van der Waals surface area (Å²) in [6.45, 7) is 2.00. The van der Waals surface area contributed by atoms with Gasteiger partial charge in [-0.2, -0.15) is 0 Å². The van der Waals surface area contributed by atoms with Gasteiger partial charge in [0.15, 0.2) is 5.58 Å². The Kier molecular flexibility index (Phi) is 4.00. The van der Waals surface area contributed by atoms with Crippen molar-refractivity contribution in [3.63, 3.8) is 0 Å². The molecule has 8 nitrogen and oxygen atoms in total. The average Bonchev–Trinajstić information content (AvgIpc) is 3.31. The third kappa shape index (κ3) is 3.15. The first-order valence-corrected chi connectivity index (χ1v) is 10.6. The molecule has 0 unspecified atom stereocenters. The molecule has 5 aromatic rings. The normalized spacial score (nSPS) is 11.9. The van der Waals surface area contributed by atoms with E-state index in [1.54, 1.807) is 12.1 Å². The Morgan fingerprint density at radius 1 is 1.10 bits per heavy atom. The summed E-state index contributed by atoms with van der Waals surface area (Å²) in [5.74, 6) is -0.634. The van der Waals surface area contributed by atoms with E-state index >= 15 is 0 Å². The second kappa shape index (κ2) is 6.60. The molecule has 0 atom stereocenters. The number of benzene rings is 2. The Morgan fingerprint density at radius 2 is 1.90 bits per heavy atom. The van der Waals surface area contributed by atoms with Gasteiger partial charge < -0.3 is 8.82 Å². The van der Waals surface area contributed by atoms with Gasteiger partial charge in [0, 0.05) is 23.6 Å². The van der Waals surface area contributed by atoms with E-state index in [0.717, 1.165) is 22.5 Å². The van der Waals surface area contributed by atoms with Crippen molar-refractivity contribution in [2.24, 2.45) is 0 Å². The number of oxazole rings is 1. The molecule has 0 spiro atoms. The first-order valence-electron chi connectivity index (χ1n) is 9.09. The van der Waals surface area contributed by atoms with Gasteiger partial charge in [0.1, 0.15) is 5.65 Å². The van der Waals surface area contributed by atoms with Crippen LogP contribution in [-0.4, -0.2) is 22.8 Å². The van der Waals surface area contributed by atoms with Crippen LogP contribution in [0.2, 0.25) is 0 Å². The summed E-state index contributed by atoms with van der Waals surface area (Å²) < 4.78 is 34.8. The second-order valence-corrected chi connectivity index (χ2v) is 8.59. The van der Waals surface area contributed by atoms with E-state index in [4.69, 9.17) is 4.42 Å². The Labute approximate surface area is 170 Å². The number of nitrogens with one attached hydrogen (secondary N) is 2. The number of aromatic nitrogens is 3. The van der Waals surface area contributed by atoms with Gasteiger partial charge in [-0.3, -0.25) is 9.71 Å². The molecule has 0 amide bonds. The number of sulfonamides is 1. The molecule has 0 fully saturated rings. The molecule has 0 aliphatic carbocycles. The Hall–Kier alpha value is -3.85. The topological polar surface area (TPSA) is 109 Å². The van der Waals surface area contributed by atoms with E-state index in [-0.39, 0.29) is 4.90 Å². The van der Waals surface area contributed by atoms with Crippen molar-refractivity contribution in [2.45, 2.75) is 11.8 Å². The summed E-state index contributed by atoms with van der Waals surface area (Å²) in [4.78, 5) is 18.4. The lowest BCUT2D eigenvalue weighted by Gasteiger charge is -2.08. The van der Waals surface area contributed by atoms with E-state index < -0.39 is 15.8 Å². The molecule has 5 rings (SSSR count). The number of fused-ring (bicyclic) bond motifs is 2. The van der Waals surface area contributed by atoms with Gasteiger partial charge >= 0.3 is 5.76 Å². The van der Waals surface area contributed by atoms with E-state index in [2.05, 4.69) is 14.7 Å². The Balaban J connectivity index is 1.43. The molecule has 0 aliphatic rings. The van der Waals surface area contributed by atoms with Crippen molar-refractivity contribution in [3.8, 4) is 11.3 Å². The zero-order valence-corrected chi connectivity index (χ0v) is 16.6. The lowest BCUT2D eigenvalue weighted by Crippen LogP contribution is -2.12. The summed E-state index contributed by atoms with van der Waals surface area (Å²) in [6.07, 6.45) is 3.87. The summed E-state index contributed by atoms with van der Waals surface area (Å²) in [6, 6.07) is 15.1. The maximum atomic E-state index is 12.7. The van der Waals surface area contributed by atoms with E-state index in [0.29, 0.717) is 16.8 Å². The molecule has 2 aromatic carbocycles. The summed E-state index contributed by atoms with van der Waals surface area (Å²) in [7, 11) is -3.83. The van der Waals surface area contributed by atoms with Gasteiger partial charge in [-0.15, -0.1) is 0 Å². The van der Waals surface area contributed by atoms with Crippen molar-refractivity contribution in [3.05, 3.63) is 83.1 Å². The summed E-state index contributed by atoms with van der Waals surface area (Å²) in [5.41, 5.74) is 4.66. The van der Waals surface area contributed by atoms with Crippen molar-refractivity contribution >= 4 is 32.5 Å². The van der Waals surface area contributed by atoms with E-state index in [1.807, 2.05) is 48.0 Å². The highest BCUT2D eigenvalue weighted by molar-refractivity contribution is 7.92. The molecule has 0 aliphatic heterocycles. The lowest BCUT2D eigenvalue weighted by molar-refractivity contribution is 0.555. The quantitative estimate of drug-likeness (QED) is 0.462. The fourth-order valence-electron chi connectivity index (χ4n) is 3.31. The van der Waals surface area contributed by atoms with Crippen LogP contribution >= 0.6 is 0 Å². The van der Waals surface area contributed by atoms with Crippen LogP contribution in [0.5, 0.6) is 0 Å². The zero-order valence-electron chi connectivity index (χ0n) is 15.8. The molecule has 0 bridgehead atoms. The minimum atomic E-state index is -3.83. The molecule has 3 heterocycles. The second-order valence-electron chi connectivity index (χ2n) is 6.90. The Bertz CT molecular complexity index is 1560. The van der Waals surface area contributed by atoms with Crippen LogP contribution in [0, 0.1) is 6.92 Å². The van der Waals surface area contributed by atoms with Gasteiger partial charge in [0.25, 0.3) is 10.0 Å². The number of aryl methyl sites for hydroxylation is 1. The molecule has 0 saturated heterocycles. The van der Waals surface area contributed by atoms with Gasteiger partial charge in [0.05, 0.1) is 16.1 Å². The molecule has 9 heteroatoms. The molecule has 0 saturated carbocycles. The van der Waals surface area contributed by atoms with Crippen LogP contribution < -0.4 is 10.5 Å². The number of anilines is 1. The van der Waals surface area contributed by atoms with Crippen LogP contribution in [0.4, 0.5) is 5.69 Å². The van der Waals surface area contributed by atoms with Gasteiger partial charge in [-0.25, -0.2) is 18.2 Å². The predicted octanol–water partition coefficient (Wildman–Crippen LogP) is 3.55. The predicted molar refractivity (Wildman–Crippen MR) is 113 cm³/mol. The number of aromatic amines is 1. The van der Waals surface area contributed by atoms with Crippen molar-refractivity contribution < 1.29 is 12.8 Å². The standard InChI is InChI=1S/C21H16N4O4S/c1-13-3-2-10-25-12-18(22-20(13)25)14-4-6-15(7-5-14)24-30(27,28)16-8-9-19-17(11-16)23-21(26)29-19/h2-12,24H,1H3,(H,23,26). The first kappa shape index (κ1) is 18.2. The molecule has 0 radical (unpaired) electrons. The average molecular weight is 420 g/mol. The summed E-state index contributed by atoms with van der Waals surface area (Å²) >= 11 is 0. The van der Waals surface area contributed by atoms with Crippen molar-refractivity contribution in [1.82, 2.24) is 14.4 Å². The molecule has 30 heavy (non-hydrogen) atoms. The number of hydrogen-bond donors (Lipinski definition) is 2. The fraction of sp³-hybridized carbons (Fsp3) is 0.0476. The van der Waals surface area contributed by atoms with Crippen LogP contribution in [0.25, 0.3) is 28.0 Å². The van der Waals surface area contributed by atoms with Crippen LogP contribution in [0.1, 0.15) is 5.56 Å². The molecular weight excluding hydrogens is 404 g/mol. The summed E-state index contributed by atoms with van der Waals surface area (Å²) in [5, 5.41) is 0. The number of H-pyrrole nitrogens is 1. The van der Waals surface area contributed by atoms with Crippen molar-refractivity contribution in [1.29, 1.82) is 0 Å².